The minimum Gasteiger partial charge on any atom is -0.496 e. The third kappa shape index (κ3) is 5.22. The van der Waals surface area contributed by atoms with Crippen molar-refractivity contribution >= 4 is 34.3 Å². The maximum atomic E-state index is 13.3. The van der Waals surface area contributed by atoms with Crippen molar-refractivity contribution in [2.45, 2.75) is 45.2 Å². The van der Waals surface area contributed by atoms with E-state index < -0.39 is 6.04 Å². The van der Waals surface area contributed by atoms with Crippen LogP contribution in [0.5, 0.6) is 5.75 Å². The topological polar surface area (TPSA) is 63.6 Å². The van der Waals surface area contributed by atoms with Crippen molar-refractivity contribution in [1.82, 2.24) is 14.8 Å². The van der Waals surface area contributed by atoms with E-state index in [4.69, 9.17) is 16.3 Å². The van der Waals surface area contributed by atoms with Crippen LogP contribution in [0.2, 0.25) is 5.02 Å². The summed E-state index contributed by atoms with van der Waals surface area (Å²) in [7, 11) is 1.63. The average Bonchev–Trinajstić information content (AvgIpc) is 3.25. The monoisotopic (exact) mass is 481 g/mol. The van der Waals surface area contributed by atoms with Crippen molar-refractivity contribution in [3.05, 3.63) is 65.3 Å². The molecule has 0 radical (unpaired) electrons. The Kier molecular flexibility index (Phi) is 7.47. The van der Waals surface area contributed by atoms with Gasteiger partial charge in [-0.3, -0.25) is 9.59 Å². The number of hydrogen-bond donors (Lipinski definition) is 1. The molecule has 0 aliphatic carbocycles. The Bertz CT molecular complexity index is 1150. The zero-order valence-corrected chi connectivity index (χ0v) is 20.7. The molecule has 3 aromatic rings. The van der Waals surface area contributed by atoms with Crippen molar-refractivity contribution in [3.8, 4) is 5.75 Å². The Morgan fingerprint density at radius 2 is 1.79 bits per heavy atom. The summed E-state index contributed by atoms with van der Waals surface area (Å²) >= 11 is 6.01. The van der Waals surface area contributed by atoms with Gasteiger partial charge in [-0.15, -0.1) is 0 Å². The number of amides is 2. The summed E-state index contributed by atoms with van der Waals surface area (Å²) in [6.45, 7) is 5.46. The van der Waals surface area contributed by atoms with E-state index in [1.807, 2.05) is 65.9 Å². The third-order valence-corrected chi connectivity index (χ3v) is 6.96. The molecule has 7 heteroatoms. The molecule has 1 saturated heterocycles. The fourth-order valence-corrected chi connectivity index (χ4v) is 4.89. The highest BCUT2D eigenvalue weighted by atomic mass is 35.5. The van der Waals surface area contributed by atoms with E-state index >= 15 is 0 Å². The van der Waals surface area contributed by atoms with Crippen molar-refractivity contribution < 1.29 is 14.3 Å². The smallest absolute Gasteiger partial charge is 0.245 e. The van der Waals surface area contributed by atoms with Gasteiger partial charge in [-0.2, -0.15) is 0 Å². The van der Waals surface area contributed by atoms with Crippen molar-refractivity contribution in [3.63, 3.8) is 0 Å². The Morgan fingerprint density at radius 3 is 2.44 bits per heavy atom. The lowest BCUT2D eigenvalue weighted by Crippen LogP contribution is -2.53. The van der Waals surface area contributed by atoms with Gasteiger partial charge in [0.2, 0.25) is 11.8 Å². The van der Waals surface area contributed by atoms with Gasteiger partial charge in [0.05, 0.1) is 12.6 Å². The highest BCUT2D eigenvalue weighted by molar-refractivity contribution is 6.30. The lowest BCUT2D eigenvalue weighted by atomic mass is 9.89. The highest BCUT2D eigenvalue weighted by Crippen LogP contribution is 2.29. The summed E-state index contributed by atoms with van der Waals surface area (Å²) in [6.07, 6.45) is 3.69. The molecule has 0 saturated carbocycles. The fourth-order valence-electron chi connectivity index (χ4n) is 4.76. The first kappa shape index (κ1) is 24.1. The molecule has 6 nitrogen and oxygen atoms in total. The number of ether oxygens (including phenoxy) is 1. The van der Waals surface area contributed by atoms with E-state index in [0.29, 0.717) is 19.0 Å². The van der Waals surface area contributed by atoms with Crippen LogP contribution in [0.3, 0.4) is 0 Å². The number of fused-ring (bicyclic) bond motifs is 1. The number of likely N-dealkylation sites (tertiary alicyclic amines) is 1. The molecule has 4 rings (SSSR count). The molecule has 0 unspecified atom stereocenters. The van der Waals surface area contributed by atoms with Crippen LogP contribution >= 0.6 is 11.6 Å². The summed E-state index contributed by atoms with van der Waals surface area (Å²) in [4.78, 5) is 28.2. The summed E-state index contributed by atoms with van der Waals surface area (Å²) in [5.74, 6) is 1.01. The van der Waals surface area contributed by atoms with Gasteiger partial charge in [0.25, 0.3) is 0 Å². The van der Waals surface area contributed by atoms with E-state index in [-0.39, 0.29) is 24.3 Å². The summed E-state index contributed by atoms with van der Waals surface area (Å²) < 4.78 is 7.29. The molecule has 1 N–H and O–H groups in total. The van der Waals surface area contributed by atoms with Crippen LogP contribution in [0.25, 0.3) is 10.9 Å². The van der Waals surface area contributed by atoms with Gasteiger partial charge in [-0.25, -0.2) is 0 Å². The first-order chi connectivity index (χ1) is 16.4. The molecule has 2 heterocycles. The number of carbonyl (C=O) groups excluding carboxylic acids is 2. The highest BCUT2D eigenvalue weighted by Gasteiger charge is 2.31. The Balaban J connectivity index is 1.38. The Morgan fingerprint density at radius 1 is 1.09 bits per heavy atom. The van der Waals surface area contributed by atoms with Gasteiger partial charge in [-0.05, 0) is 60.6 Å². The number of rotatable bonds is 7. The number of hydrogen-bond acceptors (Lipinski definition) is 3. The number of methoxy groups -OCH3 is 1. The lowest BCUT2D eigenvalue weighted by Gasteiger charge is -2.35. The zero-order valence-electron chi connectivity index (χ0n) is 20.0. The molecule has 0 spiro atoms. The number of benzene rings is 2. The second kappa shape index (κ2) is 10.5. The predicted molar refractivity (Wildman–Crippen MR) is 135 cm³/mol. The molecule has 1 aliphatic heterocycles. The molecule has 180 valence electrons. The summed E-state index contributed by atoms with van der Waals surface area (Å²) in [6, 6.07) is 15.1. The van der Waals surface area contributed by atoms with Crippen LogP contribution in [-0.2, 0) is 16.1 Å². The molecule has 1 aliphatic rings. The van der Waals surface area contributed by atoms with Crippen LogP contribution in [-0.4, -0.2) is 47.5 Å². The third-order valence-electron chi connectivity index (χ3n) is 6.70. The number of aromatic nitrogens is 1. The van der Waals surface area contributed by atoms with Gasteiger partial charge < -0.3 is 19.5 Å². The first-order valence-corrected chi connectivity index (χ1v) is 12.2. The molecule has 2 aromatic carbocycles. The average molecular weight is 482 g/mol. The van der Waals surface area contributed by atoms with Gasteiger partial charge in [0.15, 0.2) is 0 Å². The van der Waals surface area contributed by atoms with Crippen molar-refractivity contribution in [2.24, 2.45) is 5.92 Å². The fraction of sp³-hybridized carbons (Fsp3) is 0.407. The summed E-state index contributed by atoms with van der Waals surface area (Å²) in [5, 5.41) is 4.69. The number of halogens is 1. The predicted octanol–water partition coefficient (Wildman–Crippen LogP) is 4.85. The van der Waals surface area contributed by atoms with Crippen LogP contribution in [0.1, 0.15) is 38.2 Å². The van der Waals surface area contributed by atoms with E-state index in [2.05, 4.69) is 17.4 Å². The molecule has 0 bridgehead atoms. The Hall–Kier alpha value is -2.99. The number of nitrogens with one attached hydrogen (secondary N) is 1. The van der Waals surface area contributed by atoms with Crippen molar-refractivity contribution in [2.75, 3.05) is 20.2 Å². The van der Waals surface area contributed by atoms with Crippen LogP contribution < -0.4 is 10.1 Å². The van der Waals surface area contributed by atoms with Gasteiger partial charge >= 0.3 is 0 Å². The second-order valence-corrected chi connectivity index (χ2v) is 9.71. The van der Waals surface area contributed by atoms with E-state index in [1.165, 1.54) is 5.56 Å². The molecular formula is C27H32ClN3O3. The molecule has 2 amide bonds. The number of nitrogens with zero attached hydrogens (tertiary/aromatic N) is 2. The zero-order chi connectivity index (χ0) is 24.2. The number of carbonyl (C=O) groups is 2. The number of piperidine rings is 1. The standard InChI is InChI=1S/C27H32ClN3O3/c1-18(2)26(27(33)30-14-11-20(12-15-30)19-7-9-21(28)10-8-19)29-25(32)17-31-16-13-22-23(31)5-4-6-24(22)34-3/h4-10,13,16,18,20,26H,11-12,14-15,17H2,1-3H3,(H,29,32)/t26-/m1/s1. The van der Waals surface area contributed by atoms with E-state index in [0.717, 1.165) is 34.5 Å². The maximum absolute atomic E-state index is 13.3. The SMILES string of the molecule is COc1cccc2c1ccn2CC(=O)N[C@@H](C(=O)N1CCC(c2ccc(Cl)cc2)CC1)C(C)C. The van der Waals surface area contributed by atoms with Gasteiger partial charge in [0, 0.05) is 29.7 Å². The molecule has 1 aromatic heterocycles. The van der Waals surface area contributed by atoms with E-state index in [1.54, 1.807) is 7.11 Å². The van der Waals surface area contributed by atoms with Crippen molar-refractivity contribution in [1.29, 1.82) is 0 Å². The molecule has 34 heavy (non-hydrogen) atoms. The maximum Gasteiger partial charge on any atom is 0.245 e. The first-order valence-electron chi connectivity index (χ1n) is 11.8. The van der Waals surface area contributed by atoms with Crippen LogP contribution in [0.15, 0.2) is 54.7 Å². The Labute approximate surface area is 205 Å². The lowest BCUT2D eigenvalue weighted by molar-refractivity contribution is -0.138. The van der Waals surface area contributed by atoms with Gasteiger partial charge in [-0.1, -0.05) is 43.6 Å². The van der Waals surface area contributed by atoms with Crippen LogP contribution in [0, 0.1) is 5.92 Å². The molecule has 1 atom stereocenters. The van der Waals surface area contributed by atoms with Crippen LogP contribution in [0.4, 0.5) is 0 Å². The molecular weight excluding hydrogens is 450 g/mol. The largest absolute Gasteiger partial charge is 0.496 e. The normalized spacial score (nSPS) is 15.5. The molecule has 1 fully saturated rings. The minimum atomic E-state index is -0.545. The quantitative estimate of drug-likeness (QED) is 0.524. The minimum absolute atomic E-state index is 0.00283. The summed E-state index contributed by atoms with van der Waals surface area (Å²) in [5.41, 5.74) is 2.19. The van der Waals surface area contributed by atoms with Gasteiger partial charge in [0.1, 0.15) is 18.3 Å². The second-order valence-electron chi connectivity index (χ2n) is 9.28. The van der Waals surface area contributed by atoms with E-state index in [9.17, 15) is 9.59 Å².